The lowest BCUT2D eigenvalue weighted by atomic mass is 9.99. The Morgan fingerprint density at radius 2 is 2.00 bits per heavy atom. The molecule has 0 saturated heterocycles. The van der Waals surface area contributed by atoms with Gasteiger partial charge in [0.1, 0.15) is 0 Å². The summed E-state index contributed by atoms with van der Waals surface area (Å²) in [6.07, 6.45) is 0. The predicted molar refractivity (Wildman–Crippen MR) is 51.9 cm³/mol. The fraction of sp³-hybridized carbons (Fsp3) is 0.273. The first-order chi connectivity index (χ1) is 6.68. The lowest BCUT2D eigenvalue weighted by Gasteiger charge is -2.26. The summed E-state index contributed by atoms with van der Waals surface area (Å²) in [6.45, 7) is 2.25. The van der Waals surface area contributed by atoms with Crippen LogP contribution in [0, 0.1) is 0 Å². The molecule has 0 aliphatic carbocycles. The minimum atomic E-state index is -0.0483. The summed E-state index contributed by atoms with van der Waals surface area (Å²) < 4.78 is 0. The van der Waals surface area contributed by atoms with Gasteiger partial charge in [-0.25, -0.2) is 0 Å². The first-order valence-electron chi connectivity index (χ1n) is 4.55. The SMILES string of the molecule is CC(=O)N1CC(=O)c2ccccc2C1. The second-order valence-corrected chi connectivity index (χ2v) is 3.46. The highest BCUT2D eigenvalue weighted by atomic mass is 16.2. The summed E-state index contributed by atoms with van der Waals surface area (Å²) in [5.74, 6) is -0.0186. The summed E-state index contributed by atoms with van der Waals surface area (Å²) in [5.41, 5.74) is 1.70. The van der Waals surface area contributed by atoms with Crippen molar-refractivity contribution in [3.63, 3.8) is 0 Å². The smallest absolute Gasteiger partial charge is 0.220 e. The van der Waals surface area contributed by atoms with Crippen molar-refractivity contribution in [1.29, 1.82) is 0 Å². The van der Waals surface area contributed by atoms with E-state index in [9.17, 15) is 9.59 Å². The lowest BCUT2D eigenvalue weighted by Crippen LogP contribution is -2.38. The van der Waals surface area contributed by atoms with Crippen molar-refractivity contribution in [2.45, 2.75) is 13.5 Å². The van der Waals surface area contributed by atoms with Crippen molar-refractivity contribution in [3.05, 3.63) is 35.4 Å². The number of carbonyl (C=O) groups excluding carboxylic acids is 2. The molecule has 0 N–H and O–H groups in total. The quantitative estimate of drug-likeness (QED) is 0.615. The number of rotatable bonds is 0. The molecule has 3 heteroatoms. The van der Waals surface area contributed by atoms with Crippen molar-refractivity contribution in [2.24, 2.45) is 0 Å². The second kappa shape index (κ2) is 3.25. The van der Waals surface area contributed by atoms with Crippen LogP contribution in [0.25, 0.3) is 0 Å². The molecule has 0 fully saturated rings. The Hall–Kier alpha value is -1.64. The molecule has 0 spiro atoms. The largest absolute Gasteiger partial charge is 0.331 e. The molecule has 72 valence electrons. The van der Waals surface area contributed by atoms with Crippen molar-refractivity contribution in [1.82, 2.24) is 4.90 Å². The van der Waals surface area contributed by atoms with Crippen LogP contribution in [0.15, 0.2) is 24.3 Å². The van der Waals surface area contributed by atoms with Crippen LogP contribution in [0.1, 0.15) is 22.8 Å². The number of nitrogens with zero attached hydrogens (tertiary/aromatic N) is 1. The summed E-state index contributed by atoms with van der Waals surface area (Å²) in [7, 11) is 0. The van der Waals surface area contributed by atoms with Crippen LogP contribution >= 0.6 is 0 Å². The van der Waals surface area contributed by atoms with Crippen LogP contribution in [0.2, 0.25) is 0 Å². The molecule has 0 unspecified atom stereocenters. The molecule has 14 heavy (non-hydrogen) atoms. The van der Waals surface area contributed by atoms with Gasteiger partial charge >= 0.3 is 0 Å². The third-order valence-corrected chi connectivity index (χ3v) is 2.46. The van der Waals surface area contributed by atoms with Gasteiger partial charge in [0.25, 0.3) is 0 Å². The van der Waals surface area contributed by atoms with Crippen molar-refractivity contribution >= 4 is 11.7 Å². The maximum Gasteiger partial charge on any atom is 0.220 e. The number of hydrogen-bond donors (Lipinski definition) is 0. The van der Waals surface area contributed by atoms with E-state index in [4.69, 9.17) is 0 Å². The van der Waals surface area contributed by atoms with E-state index in [1.807, 2.05) is 24.3 Å². The van der Waals surface area contributed by atoms with Crippen molar-refractivity contribution < 1.29 is 9.59 Å². The van der Waals surface area contributed by atoms with Crippen molar-refractivity contribution in [2.75, 3.05) is 6.54 Å². The summed E-state index contributed by atoms with van der Waals surface area (Å²) >= 11 is 0. The minimum Gasteiger partial charge on any atom is -0.331 e. The van der Waals surface area contributed by atoms with E-state index >= 15 is 0 Å². The minimum absolute atomic E-state index is 0.0297. The van der Waals surface area contributed by atoms with Gasteiger partial charge in [-0.2, -0.15) is 0 Å². The lowest BCUT2D eigenvalue weighted by molar-refractivity contribution is -0.129. The number of Topliss-reactive ketones (excluding diaryl/α,β-unsaturated/α-hetero) is 1. The first kappa shape index (κ1) is 8.94. The highest BCUT2D eigenvalue weighted by Gasteiger charge is 2.23. The zero-order chi connectivity index (χ0) is 10.1. The average molecular weight is 189 g/mol. The molecule has 0 bridgehead atoms. The van der Waals surface area contributed by atoms with Gasteiger partial charge in [-0.15, -0.1) is 0 Å². The van der Waals surface area contributed by atoms with Gasteiger partial charge in [-0.3, -0.25) is 9.59 Å². The second-order valence-electron chi connectivity index (χ2n) is 3.46. The predicted octanol–water partition coefficient (Wildman–Crippen LogP) is 1.23. The highest BCUT2D eigenvalue weighted by Crippen LogP contribution is 2.18. The van der Waals surface area contributed by atoms with Gasteiger partial charge in [-0.05, 0) is 5.56 Å². The van der Waals surface area contributed by atoms with Crippen LogP contribution in [-0.4, -0.2) is 23.1 Å². The van der Waals surface area contributed by atoms with E-state index in [-0.39, 0.29) is 18.2 Å². The van der Waals surface area contributed by atoms with E-state index in [1.54, 1.807) is 4.90 Å². The van der Waals surface area contributed by atoms with Crippen LogP contribution in [-0.2, 0) is 11.3 Å². The molecule has 3 nitrogen and oxygen atoms in total. The van der Waals surface area contributed by atoms with E-state index in [2.05, 4.69) is 0 Å². The number of ketones is 1. The summed E-state index contributed by atoms with van der Waals surface area (Å²) in [4.78, 5) is 24.3. The van der Waals surface area contributed by atoms with E-state index in [0.717, 1.165) is 11.1 Å². The van der Waals surface area contributed by atoms with Crippen LogP contribution in [0.3, 0.4) is 0 Å². The number of hydrogen-bond acceptors (Lipinski definition) is 2. The van der Waals surface area contributed by atoms with Gasteiger partial charge in [0, 0.05) is 19.0 Å². The molecule has 1 heterocycles. The van der Waals surface area contributed by atoms with Gasteiger partial charge < -0.3 is 4.90 Å². The van der Waals surface area contributed by atoms with Crippen LogP contribution in [0.5, 0.6) is 0 Å². The molecule has 0 atom stereocenters. The van der Waals surface area contributed by atoms with Gasteiger partial charge in [0.05, 0.1) is 6.54 Å². The number of benzene rings is 1. The fourth-order valence-electron chi connectivity index (χ4n) is 1.67. The average Bonchev–Trinajstić information content (AvgIpc) is 2.17. The summed E-state index contributed by atoms with van der Waals surface area (Å²) in [5, 5.41) is 0. The third kappa shape index (κ3) is 1.41. The number of carbonyl (C=O) groups is 2. The van der Waals surface area contributed by atoms with Crippen LogP contribution < -0.4 is 0 Å². The zero-order valence-electron chi connectivity index (χ0n) is 7.99. The Morgan fingerprint density at radius 1 is 1.29 bits per heavy atom. The molecule has 1 aromatic carbocycles. The molecular weight excluding hydrogens is 178 g/mol. The normalized spacial score (nSPS) is 15.2. The van der Waals surface area contributed by atoms with Crippen LogP contribution in [0.4, 0.5) is 0 Å². The summed E-state index contributed by atoms with van der Waals surface area (Å²) in [6, 6.07) is 7.44. The third-order valence-electron chi connectivity index (χ3n) is 2.46. The van der Waals surface area contributed by atoms with E-state index < -0.39 is 0 Å². The zero-order valence-corrected chi connectivity index (χ0v) is 7.99. The molecule has 1 aliphatic heterocycles. The van der Waals surface area contributed by atoms with Crippen molar-refractivity contribution in [3.8, 4) is 0 Å². The fourth-order valence-corrected chi connectivity index (χ4v) is 1.67. The Bertz CT molecular complexity index is 398. The molecule has 1 aliphatic rings. The Balaban J connectivity index is 2.38. The Morgan fingerprint density at radius 3 is 2.71 bits per heavy atom. The first-order valence-corrected chi connectivity index (χ1v) is 4.55. The molecule has 0 radical (unpaired) electrons. The van der Waals surface area contributed by atoms with Gasteiger partial charge in [-0.1, -0.05) is 24.3 Å². The molecule has 0 saturated carbocycles. The van der Waals surface area contributed by atoms with Gasteiger partial charge in [0.2, 0.25) is 5.91 Å². The molecule has 1 amide bonds. The highest BCUT2D eigenvalue weighted by molar-refractivity contribution is 6.01. The number of fused-ring (bicyclic) bond motifs is 1. The topological polar surface area (TPSA) is 37.4 Å². The van der Waals surface area contributed by atoms with E-state index in [0.29, 0.717) is 6.54 Å². The molecule has 0 aromatic heterocycles. The molecular formula is C11H11NO2. The molecule has 1 aromatic rings. The Labute approximate surface area is 82.3 Å². The molecule has 2 rings (SSSR count). The standard InChI is InChI=1S/C11H11NO2/c1-8(13)12-6-9-4-2-3-5-10(9)11(14)7-12/h2-5H,6-7H2,1H3. The number of amides is 1. The maximum absolute atomic E-state index is 11.6. The van der Waals surface area contributed by atoms with E-state index in [1.165, 1.54) is 6.92 Å². The maximum atomic E-state index is 11.6. The Kier molecular flexibility index (Phi) is 2.08. The monoisotopic (exact) mass is 189 g/mol. The van der Waals surface area contributed by atoms with Gasteiger partial charge in [0.15, 0.2) is 5.78 Å².